The fourth-order valence-corrected chi connectivity index (χ4v) is 4.01. The van der Waals surface area contributed by atoms with Crippen LogP contribution in [0.1, 0.15) is 103 Å². The number of aliphatic carboxylic acids is 1. The summed E-state index contributed by atoms with van der Waals surface area (Å²) < 4.78 is 0.498. The van der Waals surface area contributed by atoms with E-state index in [0.717, 1.165) is 19.3 Å². The minimum absolute atomic E-state index is 0.270. The molecule has 5 heteroatoms. The minimum atomic E-state index is -1.26. The van der Waals surface area contributed by atoms with Crippen LogP contribution in [0.15, 0.2) is 0 Å². The maximum absolute atomic E-state index is 11.1. The molecule has 0 aromatic carbocycles. The number of aliphatic hydroxyl groups excluding tert-OH is 1. The molecular formula is C23H48NO4+. The van der Waals surface area contributed by atoms with E-state index in [4.69, 9.17) is 5.11 Å². The van der Waals surface area contributed by atoms with E-state index in [1.54, 1.807) is 0 Å². The van der Waals surface area contributed by atoms with Gasteiger partial charge in [0.2, 0.25) is 0 Å². The molecule has 2 atom stereocenters. The molecule has 0 spiro atoms. The molecule has 0 fully saturated rings. The molecule has 2 unspecified atom stereocenters. The topological polar surface area (TPSA) is 77.8 Å². The Labute approximate surface area is 173 Å². The molecule has 0 aliphatic rings. The highest BCUT2D eigenvalue weighted by Crippen LogP contribution is 2.23. The second-order valence-corrected chi connectivity index (χ2v) is 9.76. The quantitative estimate of drug-likeness (QED) is 0.215. The number of hydrogen-bond acceptors (Lipinski definition) is 3. The van der Waals surface area contributed by atoms with Crippen molar-refractivity contribution in [2.75, 3.05) is 27.7 Å². The number of unbranched alkanes of at least 4 members (excludes halogenated alkanes) is 10. The zero-order chi connectivity index (χ0) is 21.5. The van der Waals surface area contributed by atoms with Gasteiger partial charge in [-0.15, -0.1) is 0 Å². The Bertz CT molecular complexity index is 395. The molecule has 0 amide bonds. The van der Waals surface area contributed by atoms with Crippen molar-refractivity contribution in [1.29, 1.82) is 0 Å². The highest BCUT2D eigenvalue weighted by Gasteiger charge is 2.36. The van der Waals surface area contributed by atoms with E-state index < -0.39 is 17.7 Å². The van der Waals surface area contributed by atoms with Gasteiger partial charge in [-0.05, 0) is 19.3 Å². The zero-order valence-corrected chi connectivity index (χ0v) is 19.1. The lowest BCUT2D eigenvalue weighted by molar-refractivity contribution is -0.877. The first-order valence-corrected chi connectivity index (χ1v) is 11.5. The molecule has 0 saturated heterocycles. The summed E-state index contributed by atoms with van der Waals surface area (Å²) in [7, 11) is 5.82. The van der Waals surface area contributed by atoms with Gasteiger partial charge in [-0.25, -0.2) is 0 Å². The molecule has 3 N–H and O–H groups in total. The maximum Gasteiger partial charge on any atom is 0.306 e. The van der Waals surface area contributed by atoms with E-state index in [-0.39, 0.29) is 6.42 Å². The summed E-state index contributed by atoms with van der Waals surface area (Å²) in [4.78, 5) is 11.1. The number of carboxylic acid groups (broad SMARTS) is 1. The van der Waals surface area contributed by atoms with E-state index in [2.05, 4.69) is 6.92 Å². The zero-order valence-electron chi connectivity index (χ0n) is 19.1. The summed E-state index contributed by atoms with van der Waals surface area (Å²) in [6, 6.07) is 0. The van der Waals surface area contributed by atoms with E-state index in [9.17, 15) is 15.0 Å². The number of carboxylic acids is 1. The van der Waals surface area contributed by atoms with Crippen LogP contribution in [0.4, 0.5) is 0 Å². The van der Waals surface area contributed by atoms with Crippen LogP contribution in [0, 0.1) is 0 Å². The van der Waals surface area contributed by atoms with E-state index >= 15 is 0 Å². The smallest absolute Gasteiger partial charge is 0.306 e. The number of quaternary nitrogens is 1. The lowest BCUT2D eigenvalue weighted by atomic mass is 9.90. The van der Waals surface area contributed by atoms with Crippen LogP contribution in [0.2, 0.25) is 0 Å². The first-order valence-electron chi connectivity index (χ1n) is 11.5. The Morgan fingerprint density at radius 1 is 0.857 bits per heavy atom. The van der Waals surface area contributed by atoms with Crippen molar-refractivity contribution in [2.45, 2.75) is 115 Å². The van der Waals surface area contributed by atoms with Gasteiger partial charge in [0.25, 0.3) is 0 Å². The molecule has 0 rings (SSSR count). The number of hydrogen-bond donors (Lipinski definition) is 3. The van der Waals surface area contributed by atoms with Crippen LogP contribution in [0.5, 0.6) is 0 Å². The Morgan fingerprint density at radius 2 is 1.32 bits per heavy atom. The summed E-state index contributed by atoms with van der Waals surface area (Å²) in [6.07, 6.45) is 14.9. The van der Waals surface area contributed by atoms with Crippen LogP contribution in [-0.4, -0.2) is 65.2 Å². The largest absolute Gasteiger partial charge is 0.481 e. The van der Waals surface area contributed by atoms with Crippen molar-refractivity contribution in [3.63, 3.8) is 0 Å². The summed E-state index contributed by atoms with van der Waals surface area (Å²) in [5, 5.41) is 30.0. The average molecular weight is 403 g/mol. The lowest BCUT2D eigenvalue weighted by Gasteiger charge is -2.35. The van der Waals surface area contributed by atoms with Gasteiger partial charge in [0, 0.05) is 0 Å². The second kappa shape index (κ2) is 15.2. The molecule has 168 valence electrons. The number of aliphatic hydroxyl groups is 2. The maximum atomic E-state index is 11.1. The molecule has 5 nitrogen and oxygen atoms in total. The monoisotopic (exact) mass is 402 g/mol. The van der Waals surface area contributed by atoms with E-state index in [1.807, 2.05) is 21.1 Å². The van der Waals surface area contributed by atoms with Gasteiger partial charge in [-0.2, -0.15) is 0 Å². The van der Waals surface area contributed by atoms with Crippen LogP contribution in [-0.2, 0) is 4.79 Å². The lowest BCUT2D eigenvalue weighted by Crippen LogP contribution is -2.50. The molecule has 0 aromatic rings. The van der Waals surface area contributed by atoms with Crippen LogP contribution in [0.3, 0.4) is 0 Å². The van der Waals surface area contributed by atoms with Crippen molar-refractivity contribution >= 4 is 5.97 Å². The first-order chi connectivity index (χ1) is 13.1. The Morgan fingerprint density at radius 3 is 1.75 bits per heavy atom. The van der Waals surface area contributed by atoms with Gasteiger partial charge in [0.15, 0.2) is 0 Å². The summed E-state index contributed by atoms with van der Waals surface area (Å²) in [6.45, 7) is 2.61. The number of rotatable bonds is 19. The summed E-state index contributed by atoms with van der Waals surface area (Å²) >= 11 is 0. The molecule has 0 radical (unpaired) electrons. The normalized spacial score (nSPS) is 15.4. The third kappa shape index (κ3) is 17.4. The van der Waals surface area contributed by atoms with E-state index in [1.165, 1.54) is 57.8 Å². The van der Waals surface area contributed by atoms with Crippen molar-refractivity contribution in [1.82, 2.24) is 0 Å². The molecule has 0 bridgehead atoms. The van der Waals surface area contributed by atoms with Crippen molar-refractivity contribution in [3.05, 3.63) is 0 Å². The number of nitrogens with zero attached hydrogens (tertiary/aromatic N) is 1. The number of likely N-dealkylation sites (N-methyl/N-ethyl adjacent to an activating group) is 1. The summed E-state index contributed by atoms with van der Waals surface area (Å²) in [5.74, 6) is -0.990. The molecule has 0 aliphatic heterocycles. The van der Waals surface area contributed by atoms with Crippen molar-refractivity contribution < 1.29 is 24.6 Å². The SMILES string of the molecule is CCCCCCCCCCCCCC(O)CCC(O)(CC(=O)O)C[N+](C)(C)C. The Balaban J connectivity index is 3.84. The van der Waals surface area contributed by atoms with Gasteiger partial charge in [0.1, 0.15) is 12.1 Å². The van der Waals surface area contributed by atoms with Gasteiger partial charge >= 0.3 is 5.97 Å². The third-order valence-electron chi connectivity index (χ3n) is 5.33. The fraction of sp³-hybridized carbons (Fsp3) is 0.957. The first kappa shape index (κ1) is 27.4. The summed E-state index contributed by atoms with van der Waals surface area (Å²) in [5.41, 5.74) is -1.26. The standard InChI is InChI=1S/C23H47NO4/c1-5-6-7-8-9-10-11-12-13-14-15-16-21(25)17-18-23(28,19-22(26)27)20-24(2,3)4/h21,25,28H,5-20H2,1-4H3/p+1. The van der Waals surface area contributed by atoms with Crippen LogP contribution < -0.4 is 0 Å². The van der Waals surface area contributed by atoms with Crippen LogP contribution in [0.25, 0.3) is 0 Å². The van der Waals surface area contributed by atoms with Crippen molar-refractivity contribution in [3.8, 4) is 0 Å². The minimum Gasteiger partial charge on any atom is -0.481 e. The van der Waals surface area contributed by atoms with Gasteiger partial charge in [0.05, 0.1) is 33.7 Å². The van der Waals surface area contributed by atoms with Gasteiger partial charge in [-0.1, -0.05) is 77.6 Å². The highest BCUT2D eigenvalue weighted by molar-refractivity contribution is 5.68. The fourth-order valence-electron chi connectivity index (χ4n) is 4.01. The van der Waals surface area contributed by atoms with Gasteiger partial charge < -0.3 is 19.8 Å². The highest BCUT2D eigenvalue weighted by atomic mass is 16.4. The molecule has 28 heavy (non-hydrogen) atoms. The molecule has 0 aliphatic carbocycles. The van der Waals surface area contributed by atoms with Gasteiger partial charge in [-0.3, -0.25) is 4.79 Å². The Hall–Kier alpha value is -0.650. The molecule has 0 aromatic heterocycles. The Kier molecular flexibility index (Phi) is 14.9. The molecular weight excluding hydrogens is 354 g/mol. The number of carbonyl (C=O) groups is 1. The molecule has 0 saturated carbocycles. The van der Waals surface area contributed by atoms with Crippen LogP contribution >= 0.6 is 0 Å². The third-order valence-corrected chi connectivity index (χ3v) is 5.33. The average Bonchev–Trinajstić information content (AvgIpc) is 2.55. The van der Waals surface area contributed by atoms with E-state index in [0.29, 0.717) is 23.9 Å². The molecule has 0 heterocycles. The van der Waals surface area contributed by atoms with Crippen molar-refractivity contribution in [2.24, 2.45) is 0 Å². The second-order valence-electron chi connectivity index (χ2n) is 9.76. The predicted octanol–water partition coefficient (Wildman–Crippen LogP) is 4.74. The predicted molar refractivity (Wildman–Crippen MR) is 116 cm³/mol.